The molecule has 1 fully saturated rings. The van der Waals surface area contributed by atoms with Crippen LogP contribution >= 0.6 is 0 Å². The van der Waals surface area contributed by atoms with Crippen LogP contribution in [0.4, 0.5) is 0 Å². The van der Waals surface area contributed by atoms with Gasteiger partial charge in [0, 0.05) is 13.0 Å². The van der Waals surface area contributed by atoms with E-state index in [0.29, 0.717) is 31.8 Å². The van der Waals surface area contributed by atoms with Gasteiger partial charge in [-0.3, -0.25) is 9.59 Å². The van der Waals surface area contributed by atoms with Gasteiger partial charge in [0.2, 0.25) is 11.8 Å². The first-order chi connectivity index (χ1) is 10.1. The van der Waals surface area contributed by atoms with Gasteiger partial charge in [-0.05, 0) is 24.1 Å². The molecule has 1 aliphatic rings. The molecule has 0 unspecified atom stereocenters. The van der Waals surface area contributed by atoms with Crippen molar-refractivity contribution >= 4 is 11.8 Å². The molecule has 0 aromatic heterocycles. The number of benzene rings is 1. The summed E-state index contributed by atoms with van der Waals surface area (Å²) in [5.74, 6) is -0.229. The number of primary amides is 1. The van der Waals surface area contributed by atoms with Crippen LogP contribution < -0.4 is 15.8 Å². The highest BCUT2D eigenvalue weighted by atomic mass is 16.5. The molecule has 6 nitrogen and oxygen atoms in total. The number of hydrogen-bond acceptors (Lipinski definition) is 4. The molecule has 2 atom stereocenters. The van der Waals surface area contributed by atoms with Gasteiger partial charge in [0.25, 0.3) is 0 Å². The molecule has 2 rings (SSSR count). The maximum absolute atomic E-state index is 12.0. The maximum atomic E-state index is 12.0. The van der Waals surface area contributed by atoms with Gasteiger partial charge < -0.3 is 20.5 Å². The van der Waals surface area contributed by atoms with Crippen LogP contribution in [-0.4, -0.2) is 38.2 Å². The Kier molecular flexibility index (Phi) is 5.16. The summed E-state index contributed by atoms with van der Waals surface area (Å²) in [7, 11) is 1.58. The van der Waals surface area contributed by atoms with E-state index in [1.54, 1.807) is 7.11 Å². The summed E-state index contributed by atoms with van der Waals surface area (Å²) >= 11 is 0. The molecule has 1 aromatic rings. The van der Waals surface area contributed by atoms with Crippen molar-refractivity contribution in [1.82, 2.24) is 5.32 Å². The average Bonchev–Trinajstić information content (AvgIpc) is 3.01. The summed E-state index contributed by atoms with van der Waals surface area (Å²) in [5.41, 5.74) is 6.26. The van der Waals surface area contributed by atoms with Gasteiger partial charge in [0.05, 0.1) is 19.6 Å². The normalized spacial score (nSPS) is 19.0. The van der Waals surface area contributed by atoms with Crippen LogP contribution in [0.2, 0.25) is 0 Å². The minimum Gasteiger partial charge on any atom is -0.497 e. The van der Waals surface area contributed by atoms with Crippen LogP contribution in [0.1, 0.15) is 12.0 Å². The van der Waals surface area contributed by atoms with Crippen molar-refractivity contribution < 1.29 is 19.1 Å². The van der Waals surface area contributed by atoms with Gasteiger partial charge in [0.1, 0.15) is 11.8 Å². The fraction of sp³-hybridized carbons (Fsp3) is 0.467. The number of rotatable bonds is 6. The van der Waals surface area contributed by atoms with Gasteiger partial charge in [-0.2, -0.15) is 0 Å². The zero-order valence-corrected chi connectivity index (χ0v) is 12.0. The molecule has 0 radical (unpaired) electrons. The van der Waals surface area contributed by atoms with Crippen LogP contribution in [0.3, 0.4) is 0 Å². The van der Waals surface area contributed by atoms with Crippen molar-refractivity contribution in [3.05, 3.63) is 29.8 Å². The molecule has 1 aliphatic heterocycles. The Labute approximate surface area is 123 Å². The van der Waals surface area contributed by atoms with Crippen LogP contribution in [0.25, 0.3) is 0 Å². The predicted molar refractivity (Wildman–Crippen MR) is 76.7 cm³/mol. The largest absolute Gasteiger partial charge is 0.497 e. The van der Waals surface area contributed by atoms with Crippen LogP contribution in [-0.2, 0) is 20.7 Å². The van der Waals surface area contributed by atoms with Gasteiger partial charge >= 0.3 is 0 Å². The van der Waals surface area contributed by atoms with E-state index < -0.39 is 11.9 Å². The number of nitrogens with two attached hydrogens (primary N) is 1. The minimum atomic E-state index is -0.731. The van der Waals surface area contributed by atoms with E-state index >= 15 is 0 Å². The second-order valence-electron chi connectivity index (χ2n) is 5.08. The van der Waals surface area contributed by atoms with Gasteiger partial charge in [0.15, 0.2) is 0 Å². The number of hydrogen-bond donors (Lipinski definition) is 2. The highest BCUT2D eigenvalue weighted by Crippen LogP contribution is 2.15. The molecule has 3 N–H and O–H groups in total. The lowest BCUT2D eigenvalue weighted by molar-refractivity contribution is -0.129. The third-order valence-corrected chi connectivity index (χ3v) is 3.53. The Balaban J connectivity index is 2.01. The average molecular weight is 292 g/mol. The molecular formula is C15H20N2O4. The summed E-state index contributed by atoms with van der Waals surface area (Å²) in [4.78, 5) is 23.6. The minimum absolute atomic E-state index is 0.181. The summed E-state index contributed by atoms with van der Waals surface area (Å²) < 4.78 is 10.3. The number of amides is 2. The monoisotopic (exact) mass is 292 g/mol. The predicted octanol–water partition coefficient (Wildman–Crippen LogP) is 0.244. The Morgan fingerprint density at radius 2 is 2.33 bits per heavy atom. The molecule has 0 bridgehead atoms. The van der Waals surface area contributed by atoms with E-state index in [1.807, 2.05) is 24.3 Å². The molecule has 1 saturated heterocycles. The summed E-state index contributed by atoms with van der Waals surface area (Å²) in [6.07, 6.45) is 1.02. The number of carbonyl (C=O) groups excluding carboxylic acids is 2. The third-order valence-electron chi connectivity index (χ3n) is 3.53. The van der Waals surface area contributed by atoms with Crippen molar-refractivity contribution in [3.8, 4) is 5.75 Å². The zero-order valence-electron chi connectivity index (χ0n) is 12.0. The van der Waals surface area contributed by atoms with E-state index in [9.17, 15) is 9.59 Å². The van der Waals surface area contributed by atoms with Crippen LogP contribution in [0.5, 0.6) is 5.75 Å². The quantitative estimate of drug-likeness (QED) is 0.786. The van der Waals surface area contributed by atoms with Crippen molar-refractivity contribution in [2.45, 2.75) is 18.9 Å². The second-order valence-corrected chi connectivity index (χ2v) is 5.08. The summed E-state index contributed by atoms with van der Waals surface area (Å²) in [6, 6.07) is 6.60. The summed E-state index contributed by atoms with van der Waals surface area (Å²) in [6.45, 7) is 0.978. The van der Waals surface area contributed by atoms with E-state index in [-0.39, 0.29) is 11.8 Å². The molecular weight excluding hydrogens is 272 g/mol. The van der Waals surface area contributed by atoms with Crippen LogP contribution in [0.15, 0.2) is 24.3 Å². The topological polar surface area (TPSA) is 90.7 Å². The fourth-order valence-electron chi connectivity index (χ4n) is 2.29. The standard InChI is InChI=1S/C15H20N2O4/c1-20-12-4-2-3-10(7-12)8-13(14(16)18)17-15(19)11-5-6-21-9-11/h2-4,7,11,13H,5-6,8-9H2,1H3,(H2,16,18)(H,17,19)/t11-,13-/m1/s1. The number of carbonyl (C=O) groups is 2. The van der Waals surface area contributed by atoms with E-state index in [0.717, 1.165) is 5.56 Å². The smallest absolute Gasteiger partial charge is 0.240 e. The highest BCUT2D eigenvalue weighted by Gasteiger charge is 2.27. The number of ether oxygens (including phenoxy) is 2. The lowest BCUT2D eigenvalue weighted by atomic mass is 10.0. The molecule has 114 valence electrons. The number of nitrogens with one attached hydrogen (secondary N) is 1. The first-order valence-electron chi connectivity index (χ1n) is 6.90. The van der Waals surface area contributed by atoms with Crippen molar-refractivity contribution in [2.75, 3.05) is 20.3 Å². The maximum Gasteiger partial charge on any atom is 0.240 e. The Bertz CT molecular complexity index is 512. The summed E-state index contributed by atoms with van der Waals surface area (Å²) in [5, 5.41) is 2.71. The molecule has 0 saturated carbocycles. The fourth-order valence-corrected chi connectivity index (χ4v) is 2.29. The highest BCUT2D eigenvalue weighted by molar-refractivity contribution is 5.87. The lowest BCUT2D eigenvalue weighted by Gasteiger charge is -2.18. The Hall–Kier alpha value is -2.08. The van der Waals surface area contributed by atoms with E-state index in [2.05, 4.69) is 5.32 Å². The Morgan fingerprint density at radius 3 is 2.95 bits per heavy atom. The first kappa shape index (κ1) is 15.3. The lowest BCUT2D eigenvalue weighted by Crippen LogP contribution is -2.48. The van der Waals surface area contributed by atoms with Crippen LogP contribution in [0, 0.1) is 5.92 Å². The van der Waals surface area contributed by atoms with Crippen molar-refractivity contribution in [2.24, 2.45) is 11.7 Å². The molecule has 21 heavy (non-hydrogen) atoms. The zero-order chi connectivity index (χ0) is 15.2. The number of methoxy groups -OCH3 is 1. The van der Waals surface area contributed by atoms with Gasteiger partial charge in [-0.15, -0.1) is 0 Å². The second kappa shape index (κ2) is 7.08. The van der Waals surface area contributed by atoms with Crippen molar-refractivity contribution in [3.63, 3.8) is 0 Å². The third kappa shape index (κ3) is 4.19. The first-order valence-corrected chi connectivity index (χ1v) is 6.90. The molecule has 0 spiro atoms. The SMILES string of the molecule is COc1cccc(C[C@@H](NC(=O)[C@@H]2CCOC2)C(N)=O)c1. The molecule has 1 heterocycles. The molecule has 2 amide bonds. The molecule has 1 aromatic carbocycles. The Morgan fingerprint density at radius 1 is 1.52 bits per heavy atom. The van der Waals surface area contributed by atoms with Gasteiger partial charge in [-0.1, -0.05) is 12.1 Å². The van der Waals surface area contributed by atoms with E-state index in [1.165, 1.54) is 0 Å². The molecule has 0 aliphatic carbocycles. The van der Waals surface area contributed by atoms with E-state index in [4.69, 9.17) is 15.2 Å². The van der Waals surface area contributed by atoms with Crippen molar-refractivity contribution in [1.29, 1.82) is 0 Å². The van der Waals surface area contributed by atoms with Gasteiger partial charge in [-0.25, -0.2) is 0 Å². The molecule has 6 heteroatoms.